The van der Waals surface area contributed by atoms with E-state index in [1.54, 1.807) is 10.8 Å². The van der Waals surface area contributed by atoms with Gasteiger partial charge in [0.25, 0.3) is 5.56 Å². The molecule has 0 saturated heterocycles. The zero-order chi connectivity index (χ0) is 16.9. The fraction of sp³-hybridized carbons (Fsp3) is 0.100. The minimum absolute atomic E-state index is 0.104. The van der Waals surface area contributed by atoms with Crippen molar-refractivity contribution < 1.29 is 0 Å². The summed E-state index contributed by atoms with van der Waals surface area (Å²) in [4.78, 5) is 18.1. The fourth-order valence-electron chi connectivity index (χ4n) is 2.38. The van der Waals surface area contributed by atoms with Crippen molar-refractivity contribution in [2.45, 2.75) is 11.8 Å². The van der Waals surface area contributed by atoms with Gasteiger partial charge in [-0.3, -0.25) is 9.36 Å². The molecule has 0 atom stereocenters. The van der Waals surface area contributed by atoms with Crippen LogP contribution >= 0.6 is 11.8 Å². The molecular weight excluding hydrogens is 316 g/mol. The molecule has 0 fully saturated rings. The number of rotatable bonds is 4. The van der Waals surface area contributed by atoms with Crippen molar-refractivity contribution in [2.75, 3.05) is 5.75 Å². The summed E-state index contributed by atoms with van der Waals surface area (Å²) in [5.74, 6) is 3.60. The summed E-state index contributed by atoms with van der Waals surface area (Å²) < 4.78 is 1.65. The molecule has 2 aromatic carbocycles. The SMILES string of the molecule is C#CCSc1cnc(-c2ccccc2)n(-c2ccc(C)cc2)c1=O. The van der Waals surface area contributed by atoms with Crippen LogP contribution in [-0.4, -0.2) is 15.3 Å². The molecule has 3 rings (SSSR count). The van der Waals surface area contributed by atoms with E-state index < -0.39 is 0 Å². The minimum Gasteiger partial charge on any atom is -0.268 e. The highest BCUT2D eigenvalue weighted by Gasteiger charge is 2.13. The third kappa shape index (κ3) is 3.27. The van der Waals surface area contributed by atoms with E-state index in [0.29, 0.717) is 16.5 Å². The lowest BCUT2D eigenvalue weighted by Gasteiger charge is -2.13. The molecule has 0 aliphatic carbocycles. The van der Waals surface area contributed by atoms with Crippen LogP contribution in [-0.2, 0) is 0 Å². The van der Waals surface area contributed by atoms with Gasteiger partial charge in [0.15, 0.2) is 0 Å². The Morgan fingerprint density at radius 1 is 1.12 bits per heavy atom. The quantitative estimate of drug-likeness (QED) is 0.536. The smallest absolute Gasteiger partial charge is 0.268 e. The number of aryl methyl sites for hydroxylation is 1. The molecular formula is C20H16N2OS. The molecule has 0 amide bonds. The van der Waals surface area contributed by atoms with E-state index in [9.17, 15) is 4.79 Å². The first-order chi connectivity index (χ1) is 11.7. The summed E-state index contributed by atoms with van der Waals surface area (Å²) in [5.41, 5.74) is 2.72. The van der Waals surface area contributed by atoms with E-state index in [0.717, 1.165) is 16.8 Å². The number of aromatic nitrogens is 2. The van der Waals surface area contributed by atoms with Crippen molar-refractivity contribution in [2.24, 2.45) is 0 Å². The van der Waals surface area contributed by atoms with Gasteiger partial charge in [-0.25, -0.2) is 4.98 Å². The van der Waals surface area contributed by atoms with Crippen LogP contribution in [0.4, 0.5) is 0 Å². The second kappa shape index (κ2) is 7.20. The van der Waals surface area contributed by atoms with E-state index in [2.05, 4.69) is 10.9 Å². The van der Waals surface area contributed by atoms with Crippen LogP contribution < -0.4 is 5.56 Å². The molecule has 0 unspecified atom stereocenters. The first-order valence-electron chi connectivity index (χ1n) is 7.51. The van der Waals surface area contributed by atoms with Crippen LogP contribution in [0.3, 0.4) is 0 Å². The standard InChI is InChI=1S/C20H16N2OS/c1-3-13-24-18-14-21-19(16-7-5-4-6-8-16)22(20(18)23)17-11-9-15(2)10-12-17/h1,4-12,14H,13H2,2H3. The van der Waals surface area contributed by atoms with E-state index in [1.807, 2.05) is 61.5 Å². The molecule has 0 radical (unpaired) electrons. The summed E-state index contributed by atoms with van der Waals surface area (Å²) in [6, 6.07) is 17.5. The van der Waals surface area contributed by atoms with Crippen molar-refractivity contribution in [1.29, 1.82) is 0 Å². The Morgan fingerprint density at radius 3 is 2.50 bits per heavy atom. The molecule has 1 aromatic heterocycles. The minimum atomic E-state index is -0.104. The van der Waals surface area contributed by atoms with Gasteiger partial charge in [-0.1, -0.05) is 53.9 Å². The lowest BCUT2D eigenvalue weighted by molar-refractivity contribution is 0.904. The van der Waals surface area contributed by atoms with Crippen molar-refractivity contribution in [1.82, 2.24) is 9.55 Å². The van der Waals surface area contributed by atoms with Gasteiger partial charge in [-0.15, -0.1) is 18.2 Å². The summed E-state index contributed by atoms with van der Waals surface area (Å²) in [7, 11) is 0. The monoisotopic (exact) mass is 332 g/mol. The molecule has 0 saturated carbocycles. The Kier molecular flexibility index (Phi) is 4.83. The lowest BCUT2D eigenvalue weighted by atomic mass is 10.2. The molecule has 0 aliphatic heterocycles. The summed E-state index contributed by atoms with van der Waals surface area (Å²) in [6.07, 6.45) is 6.92. The lowest BCUT2D eigenvalue weighted by Crippen LogP contribution is -2.23. The average Bonchev–Trinajstić information content (AvgIpc) is 2.62. The molecule has 118 valence electrons. The second-order valence-corrected chi connectivity index (χ2v) is 6.30. The molecule has 24 heavy (non-hydrogen) atoms. The van der Waals surface area contributed by atoms with Gasteiger partial charge < -0.3 is 0 Å². The van der Waals surface area contributed by atoms with Crippen molar-refractivity contribution in [3.05, 3.63) is 76.7 Å². The summed E-state index contributed by atoms with van der Waals surface area (Å²) >= 11 is 1.33. The van der Waals surface area contributed by atoms with Gasteiger partial charge in [0.05, 0.1) is 16.3 Å². The maximum atomic E-state index is 13.0. The number of hydrogen-bond donors (Lipinski definition) is 0. The topological polar surface area (TPSA) is 34.9 Å². The van der Waals surface area contributed by atoms with Gasteiger partial charge in [-0.2, -0.15) is 0 Å². The number of benzene rings is 2. The molecule has 0 spiro atoms. The maximum Gasteiger partial charge on any atom is 0.272 e. The van der Waals surface area contributed by atoms with Crippen molar-refractivity contribution in [3.8, 4) is 29.4 Å². The first kappa shape index (κ1) is 16.1. The van der Waals surface area contributed by atoms with Crippen LogP contribution in [0, 0.1) is 19.3 Å². The van der Waals surface area contributed by atoms with Crippen LogP contribution in [0.25, 0.3) is 17.1 Å². The van der Waals surface area contributed by atoms with Crippen LogP contribution in [0.2, 0.25) is 0 Å². The van der Waals surface area contributed by atoms with Gasteiger partial charge in [0.2, 0.25) is 0 Å². The van der Waals surface area contributed by atoms with Crippen molar-refractivity contribution in [3.63, 3.8) is 0 Å². The Hall–Kier alpha value is -2.77. The molecule has 0 aliphatic rings. The molecule has 4 heteroatoms. The largest absolute Gasteiger partial charge is 0.272 e. The highest BCUT2D eigenvalue weighted by atomic mass is 32.2. The number of terminal acetylenes is 1. The van der Waals surface area contributed by atoms with E-state index >= 15 is 0 Å². The summed E-state index contributed by atoms with van der Waals surface area (Å²) in [5, 5.41) is 0. The number of nitrogens with zero attached hydrogens (tertiary/aromatic N) is 2. The maximum absolute atomic E-state index is 13.0. The predicted octanol–water partition coefficient (Wildman–Crippen LogP) is 3.93. The third-order valence-electron chi connectivity index (χ3n) is 3.56. The normalized spacial score (nSPS) is 10.3. The van der Waals surface area contributed by atoms with E-state index in [4.69, 9.17) is 6.42 Å². The van der Waals surface area contributed by atoms with Crippen LogP contribution in [0.5, 0.6) is 0 Å². The number of thioether (sulfide) groups is 1. The first-order valence-corrected chi connectivity index (χ1v) is 8.50. The van der Waals surface area contributed by atoms with Crippen molar-refractivity contribution >= 4 is 11.8 Å². The zero-order valence-corrected chi connectivity index (χ0v) is 14.1. The van der Waals surface area contributed by atoms with Gasteiger partial charge in [-0.05, 0) is 19.1 Å². The Balaban J connectivity index is 2.23. The van der Waals surface area contributed by atoms with E-state index in [1.165, 1.54) is 11.8 Å². The summed E-state index contributed by atoms with van der Waals surface area (Å²) in [6.45, 7) is 2.02. The number of hydrogen-bond acceptors (Lipinski definition) is 3. The zero-order valence-electron chi connectivity index (χ0n) is 13.3. The molecule has 1 heterocycles. The second-order valence-electron chi connectivity index (χ2n) is 5.28. The molecule has 0 bridgehead atoms. The fourth-order valence-corrected chi connectivity index (χ4v) is 2.96. The van der Waals surface area contributed by atoms with E-state index in [-0.39, 0.29) is 5.56 Å². The van der Waals surface area contributed by atoms with Gasteiger partial charge in [0, 0.05) is 11.8 Å². The molecule has 0 N–H and O–H groups in total. The Labute approximate surface area is 145 Å². The van der Waals surface area contributed by atoms with Gasteiger partial charge >= 0.3 is 0 Å². The van der Waals surface area contributed by atoms with Crippen LogP contribution in [0.1, 0.15) is 5.56 Å². The third-order valence-corrected chi connectivity index (χ3v) is 4.47. The Bertz CT molecular complexity index is 938. The van der Waals surface area contributed by atoms with Crippen LogP contribution in [0.15, 0.2) is 70.5 Å². The molecule has 3 aromatic rings. The molecule has 3 nitrogen and oxygen atoms in total. The predicted molar refractivity (Wildman–Crippen MR) is 99.6 cm³/mol. The van der Waals surface area contributed by atoms with Gasteiger partial charge in [0.1, 0.15) is 5.82 Å². The highest BCUT2D eigenvalue weighted by molar-refractivity contribution is 7.99. The average molecular weight is 332 g/mol. The highest BCUT2D eigenvalue weighted by Crippen LogP contribution is 2.22. The Morgan fingerprint density at radius 2 is 1.83 bits per heavy atom.